The molecule has 2 atom stereocenters. The molecule has 2 nitrogen and oxygen atoms in total. The summed E-state index contributed by atoms with van der Waals surface area (Å²) < 4.78 is 0. The van der Waals surface area contributed by atoms with Crippen molar-refractivity contribution in [2.45, 2.75) is 39.7 Å². The number of hydrogen-bond donors (Lipinski definition) is 1. The summed E-state index contributed by atoms with van der Waals surface area (Å²) in [4.78, 5) is 2.55. The van der Waals surface area contributed by atoms with Crippen molar-refractivity contribution in [1.29, 1.82) is 0 Å². The third kappa shape index (κ3) is 2.69. The number of fused-ring (bicyclic) bond motifs is 1. The van der Waals surface area contributed by atoms with E-state index in [0.29, 0.717) is 6.04 Å². The van der Waals surface area contributed by atoms with Crippen molar-refractivity contribution >= 4 is 5.69 Å². The number of anilines is 1. The van der Waals surface area contributed by atoms with Gasteiger partial charge in [-0.05, 0) is 43.5 Å². The van der Waals surface area contributed by atoms with Gasteiger partial charge in [-0.3, -0.25) is 0 Å². The molecule has 0 saturated carbocycles. The van der Waals surface area contributed by atoms with Gasteiger partial charge < -0.3 is 10.2 Å². The van der Waals surface area contributed by atoms with Gasteiger partial charge in [0.15, 0.2) is 0 Å². The largest absolute Gasteiger partial charge is 0.371 e. The number of hydrogen-bond acceptors (Lipinski definition) is 2. The molecule has 1 N–H and O–H groups in total. The van der Waals surface area contributed by atoms with E-state index in [1.165, 1.54) is 42.7 Å². The lowest BCUT2D eigenvalue weighted by Crippen LogP contribution is -2.26. The summed E-state index contributed by atoms with van der Waals surface area (Å²) in [6.07, 6.45) is 2.47. The Labute approximate surface area is 111 Å². The van der Waals surface area contributed by atoms with Gasteiger partial charge in [0, 0.05) is 24.8 Å². The molecule has 2 unspecified atom stereocenters. The quantitative estimate of drug-likeness (QED) is 0.857. The third-order valence-corrected chi connectivity index (χ3v) is 4.26. The average molecular weight is 246 g/mol. The van der Waals surface area contributed by atoms with E-state index in [1.54, 1.807) is 0 Å². The molecule has 0 aromatic heterocycles. The van der Waals surface area contributed by atoms with Crippen molar-refractivity contribution in [2.24, 2.45) is 5.92 Å². The van der Waals surface area contributed by atoms with Gasteiger partial charge in [0.2, 0.25) is 0 Å². The second kappa shape index (κ2) is 5.75. The van der Waals surface area contributed by atoms with Crippen LogP contribution in [0.3, 0.4) is 0 Å². The maximum atomic E-state index is 3.31. The molecule has 0 fully saturated rings. The van der Waals surface area contributed by atoms with Crippen LogP contribution in [0.25, 0.3) is 0 Å². The second-order valence-corrected chi connectivity index (χ2v) is 5.61. The third-order valence-electron chi connectivity index (χ3n) is 4.26. The van der Waals surface area contributed by atoms with Gasteiger partial charge in [0.05, 0.1) is 0 Å². The standard InChI is InChI=1S/C16H26N2/c1-5-12(2)11-18-9-8-15-10-14(13(3)17-4)6-7-16(15)18/h6-7,10,12-13,17H,5,8-9,11H2,1-4H3. The molecule has 1 aliphatic heterocycles. The van der Waals surface area contributed by atoms with Crippen LogP contribution >= 0.6 is 0 Å². The SMILES string of the molecule is CCC(C)CN1CCc2cc(C(C)NC)ccc21. The topological polar surface area (TPSA) is 15.3 Å². The highest BCUT2D eigenvalue weighted by atomic mass is 15.1. The van der Waals surface area contributed by atoms with Crippen LogP contribution in [0.4, 0.5) is 5.69 Å². The van der Waals surface area contributed by atoms with E-state index in [2.05, 4.69) is 49.2 Å². The molecule has 0 amide bonds. The molecule has 2 heteroatoms. The first-order chi connectivity index (χ1) is 8.65. The molecule has 0 spiro atoms. The van der Waals surface area contributed by atoms with E-state index in [9.17, 15) is 0 Å². The molecule has 1 aromatic carbocycles. The molecule has 18 heavy (non-hydrogen) atoms. The summed E-state index contributed by atoms with van der Waals surface area (Å²) in [6, 6.07) is 7.41. The van der Waals surface area contributed by atoms with Gasteiger partial charge in [0.1, 0.15) is 0 Å². The molecular formula is C16H26N2. The maximum Gasteiger partial charge on any atom is 0.0399 e. The Bertz CT molecular complexity index is 400. The Hall–Kier alpha value is -1.02. The molecule has 1 heterocycles. The molecule has 2 rings (SSSR count). The van der Waals surface area contributed by atoms with Crippen molar-refractivity contribution in [3.05, 3.63) is 29.3 Å². The van der Waals surface area contributed by atoms with Crippen molar-refractivity contribution < 1.29 is 0 Å². The summed E-state index contributed by atoms with van der Waals surface area (Å²) in [5.41, 5.74) is 4.39. The molecule has 1 aliphatic rings. The summed E-state index contributed by atoms with van der Waals surface area (Å²) in [6.45, 7) is 9.23. The zero-order valence-corrected chi connectivity index (χ0v) is 12.2. The summed E-state index contributed by atoms with van der Waals surface area (Å²) in [7, 11) is 2.02. The summed E-state index contributed by atoms with van der Waals surface area (Å²) >= 11 is 0. The Morgan fingerprint density at radius 2 is 2.11 bits per heavy atom. The maximum absolute atomic E-state index is 3.31. The Kier molecular flexibility index (Phi) is 4.28. The zero-order valence-electron chi connectivity index (χ0n) is 12.2. The lowest BCUT2D eigenvalue weighted by molar-refractivity contribution is 0.550. The van der Waals surface area contributed by atoms with Crippen LogP contribution in [0, 0.1) is 5.92 Å². The predicted octanol–water partition coefficient (Wildman–Crippen LogP) is 3.38. The average Bonchev–Trinajstić information content (AvgIpc) is 2.80. The molecular weight excluding hydrogens is 220 g/mol. The highest BCUT2D eigenvalue weighted by Gasteiger charge is 2.20. The van der Waals surface area contributed by atoms with Gasteiger partial charge in [-0.15, -0.1) is 0 Å². The fourth-order valence-corrected chi connectivity index (χ4v) is 2.62. The van der Waals surface area contributed by atoms with E-state index >= 15 is 0 Å². The van der Waals surface area contributed by atoms with Gasteiger partial charge in [-0.1, -0.05) is 32.4 Å². The number of benzene rings is 1. The highest BCUT2D eigenvalue weighted by Crippen LogP contribution is 2.31. The van der Waals surface area contributed by atoms with E-state index in [0.717, 1.165) is 5.92 Å². The lowest BCUT2D eigenvalue weighted by atomic mass is 10.0. The van der Waals surface area contributed by atoms with Crippen LogP contribution in [0.5, 0.6) is 0 Å². The molecule has 0 aliphatic carbocycles. The van der Waals surface area contributed by atoms with Crippen LogP contribution in [-0.2, 0) is 6.42 Å². The van der Waals surface area contributed by atoms with Crippen LogP contribution in [0.15, 0.2) is 18.2 Å². The van der Waals surface area contributed by atoms with Crippen molar-refractivity contribution in [1.82, 2.24) is 5.32 Å². The van der Waals surface area contributed by atoms with E-state index in [4.69, 9.17) is 0 Å². The molecule has 0 radical (unpaired) electrons. The molecule has 100 valence electrons. The van der Waals surface area contributed by atoms with Crippen LogP contribution < -0.4 is 10.2 Å². The van der Waals surface area contributed by atoms with Gasteiger partial charge >= 0.3 is 0 Å². The van der Waals surface area contributed by atoms with Crippen molar-refractivity contribution in [2.75, 3.05) is 25.0 Å². The van der Waals surface area contributed by atoms with E-state index in [-0.39, 0.29) is 0 Å². The first kappa shape index (κ1) is 13.4. The first-order valence-corrected chi connectivity index (χ1v) is 7.20. The monoisotopic (exact) mass is 246 g/mol. The fourth-order valence-electron chi connectivity index (χ4n) is 2.62. The first-order valence-electron chi connectivity index (χ1n) is 7.20. The second-order valence-electron chi connectivity index (χ2n) is 5.61. The zero-order chi connectivity index (χ0) is 13.1. The van der Waals surface area contributed by atoms with E-state index < -0.39 is 0 Å². The molecule has 0 bridgehead atoms. The minimum atomic E-state index is 0.443. The molecule has 1 aromatic rings. The summed E-state index contributed by atoms with van der Waals surface area (Å²) in [5, 5.41) is 3.31. The smallest absolute Gasteiger partial charge is 0.0399 e. The Balaban J connectivity index is 2.15. The fraction of sp³-hybridized carbons (Fsp3) is 0.625. The molecule has 0 saturated heterocycles. The normalized spacial score (nSPS) is 17.7. The Morgan fingerprint density at radius 1 is 1.33 bits per heavy atom. The highest BCUT2D eigenvalue weighted by molar-refractivity contribution is 5.59. The minimum absolute atomic E-state index is 0.443. The van der Waals surface area contributed by atoms with Crippen LogP contribution in [0.2, 0.25) is 0 Å². The number of nitrogens with zero attached hydrogens (tertiary/aromatic N) is 1. The number of nitrogens with one attached hydrogen (secondary N) is 1. The van der Waals surface area contributed by atoms with Crippen LogP contribution in [0.1, 0.15) is 44.4 Å². The van der Waals surface area contributed by atoms with Crippen LogP contribution in [-0.4, -0.2) is 20.1 Å². The number of rotatable bonds is 5. The van der Waals surface area contributed by atoms with Gasteiger partial charge in [0.25, 0.3) is 0 Å². The van der Waals surface area contributed by atoms with Gasteiger partial charge in [-0.2, -0.15) is 0 Å². The lowest BCUT2D eigenvalue weighted by Gasteiger charge is -2.23. The van der Waals surface area contributed by atoms with Gasteiger partial charge in [-0.25, -0.2) is 0 Å². The minimum Gasteiger partial charge on any atom is -0.371 e. The van der Waals surface area contributed by atoms with E-state index in [1.807, 2.05) is 7.05 Å². The predicted molar refractivity (Wildman–Crippen MR) is 79.3 cm³/mol. The van der Waals surface area contributed by atoms with Crippen molar-refractivity contribution in [3.63, 3.8) is 0 Å². The van der Waals surface area contributed by atoms with Crippen molar-refractivity contribution in [3.8, 4) is 0 Å². The summed E-state index contributed by atoms with van der Waals surface area (Å²) in [5.74, 6) is 0.784. The Morgan fingerprint density at radius 3 is 2.78 bits per heavy atom.